The van der Waals surface area contributed by atoms with Crippen molar-refractivity contribution in [3.63, 3.8) is 0 Å². The van der Waals surface area contributed by atoms with Crippen LogP contribution < -0.4 is 20.1 Å². The summed E-state index contributed by atoms with van der Waals surface area (Å²) < 4.78 is 11.1. The highest BCUT2D eigenvalue weighted by molar-refractivity contribution is 5.83. The fraction of sp³-hybridized carbons (Fsp3) is 0.567. The number of ether oxygens (including phenoxy) is 2. The van der Waals surface area contributed by atoms with E-state index in [-0.39, 0.29) is 11.8 Å². The number of unbranched alkanes of at least 4 members (excludes halogenated alkanes) is 1. The molecule has 1 amide bonds. The number of methoxy groups -OCH3 is 1. The summed E-state index contributed by atoms with van der Waals surface area (Å²) in [4.78, 5) is 31.0. The molecule has 0 aliphatic carbocycles. The number of nitrogens with zero attached hydrogens (tertiary/aromatic N) is 2. The van der Waals surface area contributed by atoms with Crippen molar-refractivity contribution in [1.29, 1.82) is 0 Å². The molecule has 2 rings (SSSR count). The minimum absolute atomic E-state index is 0.169. The van der Waals surface area contributed by atoms with Gasteiger partial charge in [-0.1, -0.05) is 26.8 Å². The summed E-state index contributed by atoms with van der Waals surface area (Å²) in [5.41, 5.74) is 2.27. The third kappa shape index (κ3) is 11.9. The van der Waals surface area contributed by atoms with Crippen LogP contribution in [0.2, 0.25) is 0 Å². The maximum absolute atomic E-state index is 12.2. The normalized spacial score (nSPS) is 11.9. The number of rotatable bonds is 19. The number of amides is 1. The first kappa shape index (κ1) is 31.9. The lowest BCUT2D eigenvalue weighted by Crippen LogP contribution is -2.44. The minimum Gasteiger partial charge on any atom is -0.497 e. The number of pyridine rings is 1. The molecule has 1 aromatic carbocycles. The van der Waals surface area contributed by atoms with Crippen LogP contribution in [0.4, 0.5) is 5.82 Å². The van der Waals surface area contributed by atoms with Crippen molar-refractivity contribution >= 4 is 17.7 Å². The molecule has 2 aromatic rings. The largest absolute Gasteiger partial charge is 0.497 e. The van der Waals surface area contributed by atoms with E-state index in [0.29, 0.717) is 32.5 Å². The molecule has 0 radical (unpaired) electrons. The summed E-state index contributed by atoms with van der Waals surface area (Å²) in [6.45, 7) is 8.44. The molecular formula is C30H46N4O5. The van der Waals surface area contributed by atoms with Crippen molar-refractivity contribution in [1.82, 2.24) is 15.2 Å². The molecule has 1 atom stereocenters. The molecule has 216 valence electrons. The van der Waals surface area contributed by atoms with Gasteiger partial charge in [-0.3, -0.25) is 9.69 Å². The Morgan fingerprint density at radius 3 is 2.36 bits per heavy atom. The van der Waals surface area contributed by atoms with Crippen LogP contribution in [-0.4, -0.2) is 73.3 Å². The van der Waals surface area contributed by atoms with Gasteiger partial charge >= 0.3 is 5.97 Å². The second-order valence-electron chi connectivity index (χ2n) is 10.1. The van der Waals surface area contributed by atoms with Crippen molar-refractivity contribution in [2.45, 2.75) is 65.3 Å². The maximum Gasteiger partial charge on any atom is 0.326 e. The quantitative estimate of drug-likeness (QED) is 0.224. The molecule has 9 heteroatoms. The number of anilines is 1. The van der Waals surface area contributed by atoms with Crippen molar-refractivity contribution in [3.8, 4) is 11.5 Å². The molecule has 3 N–H and O–H groups in total. The summed E-state index contributed by atoms with van der Waals surface area (Å²) in [5, 5.41) is 15.5. The molecular weight excluding hydrogens is 496 g/mol. The van der Waals surface area contributed by atoms with Crippen LogP contribution in [-0.2, 0) is 22.4 Å². The van der Waals surface area contributed by atoms with Gasteiger partial charge in [-0.2, -0.15) is 0 Å². The SMILES string of the molecule is CCc1ccc(CCCCN(CCOc2ccc(OC)cc2)CCC(NC(=O)CC(C)C)C(=O)O)nc1NC. The maximum atomic E-state index is 12.2. The number of carboxylic acids is 1. The number of aliphatic carboxylic acids is 1. The molecule has 0 saturated carbocycles. The molecule has 1 heterocycles. The molecule has 0 saturated heterocycles. The molecule has 0 fully saturated rings. The number of aryl methyl sites for hydroxylation is 2. The Morgan fingerprint density at radius 2 is 1.74 bits per heavy atom. The van der Waals surface area contributed by atoms with Crippen molar-refractivity contribution in [2.24, 2.45) is 5.92 Å². The van der Waals surface area contributed by atoms with Gasteiger partial charge in [-0.25, -0.2) is 9.78 Å². The first-order chi connectivity index (χ1) is 18.7. The lowest BCUT2D eigenvalue weighted by molar-refractivity contribution is -0.142. The van der Waals surface area contributed by atoms with Crippen LogP contribution in [0.25, 0.3) is 0 Å². The highest BCUT2D eigenvalue weighted by Crippen LogP contribution is 2.17. The number of hydrogen-bond donors (Lipinski definition) is 3. The molecule has 39 heavy (non-hydrogen) atoms. The van der Waals surface area contributed by atoms with E-state index >= 15 is 0 Å². The van der Waals surface area contributed by atoms with Crippen LogP contribution in [0, 0.1) is 5.92 Å². The van der Waals surface area contributed by atoms with Crippen LogP contribution in [0.5, 0.6) is 11.5 Å². The highest BCUT2D eigenvalue weighted by Gasteiger charge is 2.21. The average molecular weight is 543 g/mol. The Bertz CT molecular complexity index is 1010. The zero-order chi connectivity index (χ0) is 28.6. The van der Waals surface area contributed by atoms with E-state index in [1.807, 2.05) is 45.2 Å². The molecule has 0 spiro atoms. The predicted molar refractivity (Wildman–Crippen MR) is 155 cm³/mol. The number of nitrogens with one attached hydrogen (secondary N) is 2. The van der Waals surface area contributed by atoms with E-state index in [1.54, 1.807) is 7.11 Å². The summed E-state index contributed by atoms with van der Waals surface area (Å²) >= 11 is 0. The molecule has 9 nitrogen and oxygen atoms in total. The molecule has 0 aliphatic rings. The Balaban J connectivity index is 1.93. The van der Waals surface area contributed by atoms with E-state index in [1.165, 1.54) is 5.56 Å². The number of carboxylic acid groups (broad SMARTS) is 1. The van der Waals surface area contributed by atoms with Crippen LogP contribution in [0.1, 0.15) is 57.7 Å². The van der Waals surface area contributed by atoms with Gasteiger partial charge in [0.1, 0.15) is 30.0 Å². The van der Waals surface area contributed by atoms with Gasteiger partial charge in [0.05, 0.1) is 7.11 Å². The molecule has 1 aromatic heterocycles. The Hall–Kier alpha value is -3.33. The van der Waals surface area contributed by atoms with E-state index in [9.17, 15) is 14.7 Å². The number of carbonyl (C=O) groups excluding carboxylic acids is 1. The first-order valence-corrected chi connectivity index (χ1v) is 13.9. The Morgan fingerprint density at radius 1 is 1.03 bits per heavy atom. The second kappa shape index (κ2) is 17.3. The summed E-state index contributed by atoms with van der Waals surface area (Å²) in [5.74, 6) is 1.39. The fourth-order valence-corrected chi connectivity index (χ4v) is 4.30. The van der Waals surface area contributed by atoms with Crippen molar-refractivity contribution in [2.75, 3.05) is 45.7 Å². The van der Waals surface area contributed by atoms with Gasteiger partial charge in [0.2, 0.25) is 5.91 Å². The van der Waals surface area contributed by atoms with Gasteiger partial charge in [-0.15, -0.1) is 0 Å². The molecule has 1 unspecified atom stereocenters. The van der Waals surface area contributed by atoms with Gasteiger partial charge in [0.25, 0.3) is 0 Å². The van der Waals surface area contributed by atoms with Crippen molar-refractivity contribution in [3.05, 3.63) is 47.7 Å². The van der Waals surface area contributed by atoms with E-state index in [4.69, 9.17) is 14.5 Å². The monoisotopic (exact) mass is 542 g/mol. The lowest BCUT2D eigenvalue weighted by atomic mass is 10.1. The van der Waals surface area contributed by atoms with Gasteiger partial charge in [-0.05, 0) is 80.5 Å². The second-order valence-corrected chi connectivity index (χ2v) is 10.1. The van der Waals surface area contributed by atoms with E-state index in [2.05, 4.69) is 34.6 Å². The number of aromatic nitrogens is 1. The van der Waals surface area contributed by atoms with Crippen LogP contribution >= 0.6 is 0 Å². The smallest absolute Gasteiger partial charge is 0.326 e. The third-order valence-corrected chi connectivity index (χ3v) is 6.51. The fourth-order valence-electron chi connectivity index (χ4n) is 4.30. The Labute approximate surface area is 233 Å². The van der Waals surface area contributed by atoms with Gasteiger partial charge in [0.15, 0.2) is 0 Å². The predicted octanol–water partition coefficient (Wildman–Crippen LogP) is 4.40. The topological polar surface area (TPSA) is 113 Å². The lowest BCUT2D eigenvalue weighted by Gasteiger charge is -2.24. The summed E-state index contributed by atoms with van der Waals surface area (Å²) in [6, 6.07) is 10.8. The zero-order valence-corrected chi connectivity index (χ0v) is 24.2. The summed E-state index contributed by atoms with van der Waals surface area (Å²) in [6.07, 6.45) is 4.35. The van der Waals surface area contributed by atoms with Gasteiger partial charge in [0, 0.05) is 32.3 Å². The third-order valence-electron chi connectivity index (χ3n) is 6.51. The summed E-state index contributed by atoms with van der Waals surface area (Å²) in [7, 11) is 3.52. The minimum atomic E-state index is -1.01. The average Bonchev–Trinajstić information content (AvgIpc) is 2.92. The molecule has 0 bridgehead atoms. The van der Waals surface area contributed by atoms with E-state index in [0.717, 1.165) is 55.2 Å². The van der Waals surface area contributed by atoms with Crippen LogP contribution in [0.15, 0.2) is 36.4 Å². The van der Waals surface area contributed by atoms with Crippen molar-refractivity contribution < 1.29 is 24.2 Å². The number of benzene rings is 1. The van der Waals surface area contributed by atoms with E-state index < -0.39 is 12.0 Å². The highest BCUT2D eigenvalue weighted by atomic mass is 16.5. The number of carbonyl (C=O) groups is 2. The molecule has 0 aliphatic heterocycles. The van der Waals surface area contributed by atoms with Crippen LogP contribution in [0.3, 0.4) is 0 Å². The van der Waals surface area contributed by atoms with Gasteiger partial charge < -0.3 is 25.2 Å². The first-order valence-electron chi connectivity index (χ1n) is 13.9. The standard InChI is InChI=1S/C30H46N4O5/c1-6-23-10-11-24(32-29(23)31-4)9-7-8-17-34(19-20-39-26-14-12-25(38-5)13-15-26)18-16-27(30(36)37)33-28(35)21-22(2)3/h10-15,22,27H,6-9,16-21H2,1-5H3,(H,31,32)(H,33,35)(H,36,37). The Kier molecular flexibility index (Phi) is 14.1. The zero-order valence-electron chi connectivity index (χ0n) is 24.2. The number of hydrogen-bond acceptors (Lipinski definition) is 7.